The molecule has 1 aromatic rings. The first-order valence-corrected chi connectivity index (χ1v) is 9.59. The number of amides is 2. The number of nitrogens with one attached hydrogen (secondary N) is 1. The molecule has 1 aliphatic carbocycles. The highest BCUT2D eigenvalue weighted by Gasteiger charge is 2.38. The van der Waals surface area contributed by atoms with Crippen molar-refractivity contribution in [3.63, 3.8) is 0 Å². The molecule has 1 aromatic carbocycles. The van der Waals surface area contributed by atoms with E-state index < -0.39 is 0 Å². The van der Waals surface area contributed by atoms with E-state index in [4.69, 9.17) is 4.74 Å². The molecule has 2 fully saturated rings. The maximum absolute atomic E-state index is 12.7. The van der Waals surface area contributed by atoms with Crippen molar-refractivity contribution in [1.29, 1.82) is 0 Å². The number of methoxy groups -OCH3 is 1. The average molecular weight is 348 g/mol. The lowest BCUT2D eigenvalue weighted by atomic mass is 10.1. The summed E-state index contributed by atoms with van der Waals surface area (Å²) in [5.41, 5.74) is 1.72. The van der Waals surface area contributed by atoms with E-state index in [0.717, 1.165) is 42.7 Å². The quantitative estimate of drug-likeness (QED) is 0.909. The van der Waals surface area contributed by atoms with Gasteiger partial charge in [0.1, 0.15) is 11.8 Å². The second-order valence-corrected chi connectivity index (χ2v) is 7.47. The van der Waals surface area contributed by atoms with Crippen LogP contribution < -0.4 is 10.1 Å². The van der Waals surface area contributed by atoms with Gasteiger partial charge in [-0.05, 0) is 43.5 Å². The number of hydrogen-bond acceptors (Lipinski definition) is 4. The van der Waals surface area contributed by atoms with Crippen molar-refractivity contribution in [2.45, 2.75) is 38.6 Å². The van der Waals surface area contributed by atoms with Gasteiger partial charge in [-0.1, -0.05) is 12.8 Å². The third kappa shape index (κ3) is 3.53. The molecule has 0 unspecified atom stereocenters. The van der Waals surface area contributed by atoms with Crippen LogP contribution in [0.4, 0.5) is 5.69 Å². The SMILES string of the molecule is COc1ccc(NC(=O)[C@@H]2CSCN2C(=O)C2CCCC2)c(C)c1. The number of rotatable bonds is 4. The molecule has 1 heterocycles. The second kappa shape index (κ2) is 7.47. The van der Waals surface area contributed by atoms with Crippen molar-refractivity contribution in [3.05, 3.63) is 23.8 Å². The monoisotopic (exact) mass is 348 g/mol. The number of benzene rings is 1. The highest BCUT2D eigenvalue weighted by molar-refractivity contribution is 7.99. The summed E-state index contributed by atoms with van der Waals surface area (Å²) in [6.45, 7) is 1.93. The topological polar surface area (TPSA) is 58.6 Å². The van der Waals surface area contributed by atoms with Gasteiger partial charge in [-0.15, -0.1) is 11.8 Å². The van der Waals surface area contributed by atoms with Gasteiger partial charge >= 0.3 is 0 Å². The van der Waals surface area contributed by atoms with Crippen LogP contribution in [0.25, 0.3) is 0 Å². The zero-order valence-electron chi connectivity index (χ0n) is 14.2. The summed E-state index contributed by atoms with van der Waals surface area (Å²) in [5.74, 6) is 2.22. The summed E-state index contributed by atoms with van der Waals surface area (Å²) in [4.78, 5) is 27.2. The van der Waals surface area contributed by atoms with Crippen LogP contribution in [0.1, 0.15) is 31.2 Å². The van der Waals surface area contributed by atoms with E-state index in [9.17, 15) is 9.59 Å². The van der Waals surface area contributed by atoms with Gasteiger partial charge in [0.05, 0.1) is 13.0 Å². The molecule has 1 aliphatic heterocycles. The first-order valence-electron chi connectivity index (χ1n) is 8.44. The normalized spacial score (nSPS) is 21.1. The second-order valence-electron chi connectivity index (χ2n) is 6.48. The lowest BCUT2D eigenvalue weighted by Gasteiger charge is -2.26. The molecule has 1 N–H and O–H groups in total. The van der Waals surface area contributed by atoms with Crippen LogP contribution in [0.5, 0.6) is 5.75 Å². The van der Waals surface area contributed by atoms with Crippen LogP contribution in [0, 0.1) is 12.8 Å². The Morgan fingerprint density at radius 3 is 2.71 bits per heavy atom. The molecule has 1 saturated heterocycles. The smallest absolute Gasteiger partial charge is 0.248 e. The van der Waals surface area contributed by atoms with Gasteiger partial charge in [0.2, 0.25) is 11.8 Å². The van der Waals surface area contributed by atoms with E-state index in [2.05, 4.69) is 5.32 Å². The third-order valence-electron chi connectivity index (χ3n) is 4.86. The van der Waals surface area contributed by atoms with Gasteiger partial charge in [0.15, 0.2) is 0 Å². The molecular formula is C18H24N2O3S. The summed E-state index contributed by atoms with van der Waals surface area (Å²) >= 11 is 1.65. The molecular weight excluding hydrogens is 324 g/mol. The summed E-state index contributed by atoms with van der Waals surface area (Å²) in [7, 11) is 1.62. The Labute approximate surface area is 147 Å². The molecule has 1 atom stereocenters. The maximum atomic E-state index is 12.7. The first-order chi connectivity index (χ1) is 11.6. The Balaban J connectivity index is 1.68. The zero-order valence-corrected chi connectivity index (χ0v) is 15.0. The number of carbonyl (C=O) groups is 2. The van der Waals surface area contributed by atoms with Gasteiger partial charge in [0, 0.05) is 17.4 Å². The average Bonchev–Trinajstić information content (AvgIpc) is 3.27. The minimum atomic E-state index is -0.371. The van der Waals surface area contributed by atoms with E-state index in [-0.39, 0.29) is 23.8 Å². The minimum Gasteiger partial charge on any atom is -0.497 e. The van der Waals surface area contributed by atoms with Gasteiger partial charge in [-0.25, -0.2) is 0 Å². The zero-order chi connectivity index (χ0) is 17.1. The molecule has 2 aliphatic rings. The number of anilines is 1. The Kier molecular flexibility index (Phi) is 5.33. The number of aryl methyl sites for hydroxylation is 1. The summed E-state index contributed by atoms with van der Waals surface area (Å²) < 4.78 is 5.19. The lowest BCUT2D eigenvalue weighted by Crippen LogP contribution is -2.46. The summed E-state index contributed by atoms with van der Waals surface area (Å²) in [5, 5.41) is 2.98. The van der Waals surface area contributed by atoms with E-state index in [1.807, 2.05) is 25.1 Å². The van der Waals surface area contributed by atoms with Crippen molar-refractivity contribution in [1.82, 2.24) is 4.90 Å². The van der Waals surface area contributed by atoms with Gasteiger partial charge in [0.25, 0.3) is 0 Å². The van der Waals surface area contributed by atoms with Crippen LogP contribution >= 0.6 is 11.8 Å². The highest BCUT2D eigenvalue weighted by atomic mass is 32.2. The summed E-state index contributed by atoms with van der Waals surface area (Å²) in [6.07, 6.45) is 4.18. The van der Waals surface area contributed by atoms with Gasteiger partial charge in [-0.2, -0.15) is 0 Å². The van der Waals surface area contributed by atoms with Crippen LogP contribution in [-0.4, -0.2) is 41.5 Å². The Morgan fingerprint density at radius 1 is 1.29 bits per heavy atom. The molecule has 2 amide bonds. The van der Waals surface area contributed by atoms with Crippen molar-refractivity contribution in [3.8, 4) is 5.75 Å². The van der Waals surface area contributed by atoms with Crippen molar-refractivity contribution >= 4 is 29.3 Å². The Bertz CT molecular complexity index is 629. The first kappa shape index (κ1) is 17.1. The van der Waals surface area contributed by atoms with Crippen molar-refractivity contribution in [2.75, 3.05) is 24.1 Å². The fourth-order valence-electron chi connectivity index (χ4n) is 3.40. The summed E-state index contributed by atoms with van der Waals surface area (Å²) in [6, 6.07) is 5.19. The molecule has 0 radical (unpaired) electrons. The largest absolute Gasteiger partial charge is 0.497 e. The molecule has 130 valence electrons. The van der Waals surface area contributed by atoms with Crippen LogP contribution in [0.3, 0.4) is 0 Å². The molecule has 0 aromatic heterocycles. The number of hydrogen-bond donors (Lipinski definition) is 1. The predicted molar refractivity (Wildman–Crippen MR) is 96.3 cm³/mol. The fraction of sp³-hybridized carbons (Fsp3) is 0.556. The fourth-order valence-corrected chi connectivity index (χ4v) is 4.57. The number of ether oxygens (including phenoxy) is 1. The number of nitrogens with zero attached hydrogens (tertiary/aromatic N) is 1. The predicted octanol–water partition coefficient (Wildman–Crippen LogP) is 3.03. The highest BCUT2D eigenvalue weighted by Crippen LogP contribution is 2.31. The standard InChI is InChI=1S/C18H24N2O3S/c1-12-9-14(23-2)7-8-15(12)19-17(21)16-10-24-11-20(16)18(22)13-5-3-4-6-13/h7-9,13,16H,3-6,10-11H2,1-2H3,(H,19,21)/t16-/m0/s1. The molecule has 3 rings (SSSR count). The molecule has 5 nitrogen and oxygen atoms in total. The number of carbonyl (C=O) groups excluding carboxylic acids is 2. The van der Waals surface area contributed by atoms with E-state index >= 15 is 0 Å². The lowest BCUT2D eigenvalue weighted by molar-refractivity contribution is -0.139. The minimum absolute atomic E-state index is 0.0976. The van der Waals surface area contributed by atoms with Crippen molar-refractivity contribution in [2.24, 2.45) is 5.92 Å². The van der Waals surface area contributed by atoms with Crippen LogP contribution in [-0.2, 0) is 9.59 Å². The molecule has 0 spiro atoms. The molecule has 1 saturated carbocycles. The van der Waals surface area contributed by atoms with Gasteiger partial charge in [-0.3, -0.25) is 9.59 Å². The Hall–Kier alpha value is -1.69. The molecule has 6 heteroatoms. The van der Waals surface area contributed by atoms with Crippen molar-refractivity contribution < 1.29 is 14.3 Å². The van der Waals surface area contributed by atoms with Crippen LogP contribution in [0.15, 0.2) is 18.2 Å². The third-order valence-corrected chi connectivity index (χ3v) is 5.88. The van der Waals surface area contributed by atoms with E-state index in [1.165, 1.54) is 0 Å². The molecule has 24 heavy (non-hydrogen) atoms. The Morgan fingerprint density at radius 2 is 2.04 bits per heavy atom. The molecule has 0 bridgehead atoms. The van der Waals surface area contributed by atoms with E-state index in [0.29, 0.717) is 11.6 Å². The van der Waals surface area contributed by atoms with E-state index in [1.54, 1.807) is 23.8 Å². The van der Waals surface area contributed by atoms with Gasteiger partial charge < -0.3 is 15.0 Å². The van der Waals surface area contributed by atoms with Crippen LogP contribution in [0.2, 0.25) is 0 Å². The maximum Gasteiger partial charge on any atom is 0.248 e. The number of thioether (sulfide) groups is 1.